The molecule has 6 heteroatoms. The molecule has 0 aliphatic heterocycles. The molecule has 0 radical (unpaired) electrons. The van der Waals surface area contributed by atoms with Gasteiger partial charge >= 0.3 is 0 Å². The first kappa shape index (κ1) is 13.1. The lowest BCUT2D eigenvalue weighted by Gasteiger charge is -2.11. The minimum absolute atomic E-state index is 0.264. The van der Waals surface area contributed by atoms with Crippen LogP contribution in [0.15, 0.2) is 16.6 Å². The van der Waals surface area contributed by atoms with E-state index in [-0.39, 0.29) is 4.47 Å². The van der Waals surface area contributed by atoms with Crippen molar-refractivity contribution in [2.45, 2.75) is 19.4 Å². The number of anilines is 1. The molecule has 0 saturated carbocycles. The summed E-state index contributed by atoms with van der Waals surface area (Å²) in [6.45, 7) is 1.71. The second kappa shape index (κ2) is 5.36. The number of nitrogens with one attached hydrogen (secondary N) is 1. The van der Waals surface area contributed by atoms with Crippen molar-refractivity contribution in [3.8, 4) is 0 Å². The first-order valence-electron chi connectivity index (χ1n) is 4.66. The fourth-order valence-corrected chi connectivity index (χ4v) is 1.46. The van der Waals surface area contributed by atoms with Crippen molar-refractivity contribution in [2.75, 3.05) is 5.32 Å². The average molecular weight is 293 g/mol. The van der Waals surface area contributed by atoms with E-state index in [0.717, 1.165) is 12.1 Å². The third-order valence-corrected chi connectivity index (χ3v) is 2.49. The molecule has 88 valence electrons. The Morgan fingerprint density at radius 3 is 2.44 bits per heavy atom. The number of carbonyl (C=O) groups excluding carboxylic acids is 1. The standard InChI is InChI=1S/C10H11BrF2N2O/c1-2-8(14)10(16)15-9-6(12)3-5(11)4-7(9)13/h3-4,8H,2,14H2,1H3,(H,15,16). The molecule has 0 spiro atoms. The Morgan fingerprint density at radius 1 is 1.50 bits per heavy atom. The van der Waals surface area contributed by atoms with Crippen molar-refractivity contribution >= 4 is 27.5 Å². The van der Waals surface area contributed by atoms with Crippen molar-refractivity contribution in [3.05, 3.63) is 28.2 Å². The molecule has 1 atom stereocenters. The predicted octanol–water partition coefficient (Wildman–Crippen LogP) is 2.40. The lowest BCUT2D eigenvalue weighted by molar-refractivity contribution is -0.117. The topological polar surface area (TPSA) is 55.1 Å². The largest absolute Gasteiger partial charge is 0.320 e. The molecular weight excluding hydrogens is 282 g/mol. The molecule has 1 unspecified atom stereocenters. The zero-order valence-corrected chi connectivity index (χ0v) is 10.1. The highest BCUT2D eigenvalue weighted by Gasteiger charge is 2.17. The highest BCUT2D eigenvalue weighted by Crippen LogP contribution is 2.23. The summed E-state index contributed by atoms with van der Waals surface area (Å²) in [5.41, 5.74) is 4.95. The third kappa shape index (κ3) is 2.99. The molecule has 16 heavy (non-hydrogen) atoms. The van der Waals surface area contributed by atoms with E-state index < -0.39 is 29.3 Å². The zero-order valence-electron chi connectivity index (χ0n) is 8.56. The van der Waals surface area contributed by atoms with Crippen molar-refractivity contribution in [1.82, 2.24) is 0 Å². The van der Waals surface area contributed by atoms with Gasteiger partial charge in [-0.1, -0.05) is 22.9 Å². The Balaban J connectivity index is 2.93. The first-order valence-corrected chi connectivity index (χ1v) is 5.46. The molecule has 3 nitrogen and oxygen atoms in total. The van der Waals surface area contributed by atoms with Gasteiger partial charge in [-0.05, 0) is 18.6 Å². The molecule has 0 aliphatic carbocycles. The normalized spacial score (nSPS) is 12.3. The van der Waals surface area contributed by atoms with Gasteiger partial charge in [0.1, 0.15) is 5.69 Å². The van der Waals surface area contributed by atoms with E-state index in [4.69, 9.17) is 5.73 Å². The van der Waals surface area contributed by atoms with Gasteiger partial charge in [-0.2, -0.15) is 0 Å². The van der Waals surface area contributed by atoms with E-state index in [1.54, 1.807) is 6.92 Å². The van der Waals surface area contributed by atoms with E-state index in [1.165, 1.54) is 0 Å². The predicted molar refractivity (Wildman–Crippen MR) is 61.0 cm³/mol. The molecule has 0 aliphatic rings. The first-order chi connectivity index (χ1) is 7.45. The molecule has 0 aromatic heterocycles. The monoisotopic (exact) mass is 292 g/mol. The number of hydrogen-bond donors (Lipinski definition) is 2. The maximum Gasteiger partial charge on any atom is 0.241 e. The zero-order chi connectivity index (χ0) is 12.3. The number of rotatable bonds is 3. The maximum atomic E-state index is 13.3. The fourth-order valence-electron chi connectivity index (χ4n) is 1.06. The van der Waals surface area contributed by atoms with Gasteiger partial charge in [0, 0.05) is 4.47 Å². The van der Waals surface area contributed by atoms with Crippen LogP contribution in [0.3, 0.4) is 0 Å². The van der Waals surface area contributed by atoms with Crippen LogP contribution in [-0.4, -0.2) is 11.9 Å². The molecule has 0 bridgehead atoms. The molecule has 1 aromatic rings. The summed E-state index contributed by atoms with van der Waals surface area (Å²) in [6, 6.07) is 1.36. The van der Waals surface area contributed by atoms with E-state index in [0.29, 0.717) is 6.42 Å². The van der Waals surface area contributed by atoms with E-state index in [2.05, 4.69) is 21.2 Å². The Bertz CT molecular complexity index is 389. The maximum absolute atomic E-state index is 13.3. The Hall–Kier alpha value is -1.01. The SMILES string of the molecule is CCC(N)C(=O)Nc1c(F)cc(Br)cc1F. The summed E-state index contributed by atoms with van der Waals surface area (Å²) in [7, 11) is 0. The van der Waals surface area contributed by atoms with Crippen LogP contribution >= 0.6 is 15.9 Å². The highest BCUT2D eigenvalue weighted by atomic mass is 79.9. The van der Waals surface area contributed by atoms with Gasteiger partial charge < -0.3 is 11.1 Å². The number of carbonyl (C=O) groups is 1. The summed E-state index contributed by atoms with van der Waals surface area (Å²) in [5.74, 6) is -2.30. The van der Waals surface area contributed by atoms with E-state index >= 15 is 0 Å². The molecule has 3 N–H and O–H groups in total. The third-order valence-electron chi connectivity index (χ3n) is 2.03. The van der Waals surface area contributed by atoms with Crippen LogP contribution in [0.5, 0.6) is 0 Å². The Morgan fingerprint density at radius 2 is 2.00 bits per heavy atom. The molecule has 1 aromatic carbocycles. The summed E-state index contributed by atoms with van der Waals surface area (Å²) in [6.07, 6.45) is 0.394. The minimum atomic E-state index is -0.844. The minimum Gasteiger partial charge on any atom is -0.320 e. The van der Waals surface area contributed by atoms with Crippen LogP contribution in [0.4, 0.5) is 14.5 Å². The molecule has 0 heterocycles. The number of hydrogen-bond acceptors (Lipinski definition) is 2. The smallest absolute Gasteiger partial charge is 0.241 e. The van der Waals surface area contributed by atoms with Crippen LogP contribution < -0.4 is 11.1 Å². The molecule has 1 amide bonds. The molecule has 0 saturated heterocycles. The highest BCUT2D eigenvalue weighted by molar-refractivity contribution is 9.10. The summed E-state index contributed by atoms with van der Waals surface area (Å²) in [5, 5.41) is 2.12. The van der Waals surface area contributed by atoms with Gasteiger partial charge in [0.15, 0.2) is 11.6 Å². The van der Waals surface area contributed by atoms with Crippen LogP contribution in [-0.2, 0) is 4.79 Å². The number of benzene rings is 1. The van der Waals surface area contributed by atoms with Crippen molar-refractivity contribution in [3.63, 3.8) is 0 Å². The van der Waals surface area contributed by atoms with Crippen LogP contribution in [0.1, 0.15) is 13.3 Å². The van der Waals surface area contributed by atoms with E-state index in [9.17, 15) is 13.6 Å². The van der Waals surface area contributed by atoms with Gasteiger partial charge in [-0.15, -0.1) is 0 Å². The number of amides is 1. The summed E-state index contributed by atoms with van der Waals surface area (Å²) in [4.78, 5) is 11.4. The Labute approximate surface area is 100 Å². The van der Waals surface area contributed by atoms with Gasteiger partial charge in [0.2, 0.25) is 5.91 Å². The van der Waals surface area contributed by atoms with Gasteiger partial charge in [0.05, 0.1) is 6.04 Å². The van der Waals surface area contributed by atoms with Gasteiger partial charge in [-0.25, -0.2) is 8.78 Å². The fraction of sp³-hybridized carbons (Fsp3) is 0.300. The van der Waals surface area contributed by atoms with Crippen molar-refractivity contribution in [2.24, 2.45) is 5.73 Å². The van der Waals surface area contributed by atoms with Crippen LogP contribution in [0, 0.1) is 11.6 Å². The average Bonchev–Trinajstić information content (AvgIpc) is 2.21. The second-order valence-corrected chi connectivity index (χ2v) is 4.16. The van der Waals surface area contributed by atoms with Gasteiger partial charge in [0.25, 0.3) is 0 Å². The van der Waals surface area contributed by atoms with Crippen molar-refractivity contribution < 1.29 is 13.6 Å². The summed E-state index contributed by atoms with van der Waals surface area (Å²) < 4.78 is 26.9. The van der Waals surface area contributed by atoms with Crippen LogP contribution in [0.25, 0.3) is 0 Å². The number of nitrogens with two attached hydrogens (primary N) is 1. The lowest BCUT2D eigenvalue weighted by Crippen LogP contribution is -2.35. The lowest BCUT2D eigenvalue weighted by atomic mass is 10.2. The second-order valence-electron chi connectivity index (χ2n) is 3.25. The molecular formula is C10H11BrF2N2O. The van der Waals surface area contributed by atoms with Crippen LogP contribution in [0.2, 0.25) is 0 Å². The Kier molecular flexibility index (Phi) is 4.37. The quantitative estimate of drug-likeness (QED) is 0.899. The van der Waals surface area contributed by atoms with E-state index in [1.807, 2.05) is 0 Å². The number of halogens is 3. The van der Waals surface area contributed by atoms with Crippen molar-refractivity contribution in [1.29, 1.82) is 0 Å². The molecule has 1 rings (SSSR count). The van der Waals surface area contributed by atoms with Gasteiger partial charge in [-0.3, -0.25) is 4.79 Å². The summed E-state index contributed by atoms with van der Waals surface area (Å²) >= 11 is 2.94. The molecule has 0 fully saturated rings.